The minimum absolute atomic E-state index is 0.106. The van der Waals surface area contributed by atoms with Gasteiger partial charge in [-0.25, -0.2) is 17.9 Å². The first-order valence-corrected chi connectivity index (χ1v) is 12.8. The number of esters is 1. The fourth-order valence-electron chi connectivity index (χ4n) is 3.68. The molecule has 0 aromatic heterocycles. The molecule has 1 N–H and O–H groups in total. The molecule has 36 heavy (non-hydrogen) atoms. The van der Waals surface area contributed by atoms with Gasteiger partial charge in [0, 0.05) is 11.1 Å². The molecule has 0 fully saturated rings. The number of nitrogens with one attached hydrogen (secondary N) is 1. The average Bonchev–Trinajstić information content (AvgIpc) is 2.92. The van der Waals surface area contributed by atoms with Crippen LogP contribution >= 0.6 is 0 Å². The summed E-state index contributed by atoms with van der Waals surface area (Å²) in [5.41, 5.74) is 2.40. The number of sulfonamides is 1. The maximum absolute atomic E-state index is 13.3. The molecule has 182 valence electrons. The van der Waals surface area contributed by atoms with E-state index >= 15 is 0 Å². The number of rotatable bonds is 9. The lowest BCUT2D eigenvalue weighted by Gasteiger charge is -2.20. The molecular formula is C29H25NO5S. The van der Waals surface area contributed by atoms with Gasteiger partial charge in [-0.3, -0.25) is 4.79 Å². The van der Waals surface area contributed by atoms with E-state index in [1.165, 1.54) is 18.2 Å². The minimum Gasteiger partial charge on any atom is -0.452 e. The largest absolute Gasteiger partial charge is 0.452 e. The minimum atomic E-state index is -3.82. The Labute approximate surface area is 210 Å². The van der Waals surface area contributed by atoms with E-state index in [4.69, 9.17) is 4.74 Å². The predicted octanol–water partition coefficient (Wildman–Crippen LogP) is 5.10. The van der Waals surface area contributed by atoms with E-state index in [0.717, 1.165) is 5.56 Å². The molecule has 4 rings (SSSR count). The maximum atomic E-state index is 13.3. The van der Waals surface area contributed by atoms with E-state index in [1.54, 1.807) is 72.8 Å². The van der Waals surface area contributed by atoms with E-state index in [9.17, 15) is 18.0 Å². The number of hydrogen-bond donors (Lipinski definition) is 1. The Hall–Kier alpha value is -4.07. The molecule has 0 aliphatic carbocycles. The summed E-state index contributed by atoms with van der Waals surface area (Å²) < 4.78 is 33.8. The first-order chi connectivity index (χ1) is 17.3. The number of hydrogen-bond acceptors (Lipinski definition) is 5. The van der Waals surface area contributed by atoms with Gasteiger partial charge in [0.15, 0.2) is 5.78 Å². The van der Waals surface area contributed by atoms with Crippen molar-refractivity contribution in [3.05, 3.63) is 137 Å². The topological polar surface area (TPSA) is 89.5 Å². The van der Waals surface area contributed by atoms with E-state index in [0.29, 0.717) is 11.1 Å². The zero-order valence-electron chi connectivity index (χ0n) is 19.6. The van der Waals surface area contributed by atoms with Gasteiger partial charge in [0.1, 0.15) is 6.10 Å². The van der Waals surface area contributed by atoms with Crippen LogP contribution in [0.5, 0.6) is 0 Å². The Morgan fingerprint density at radius 2 is 1.31 bits per heavy atom. The molecule has 0 saturated carbocycles. The number of aryl methyl sites for hydroxylation is 1. The normalized spacial score (nSPS) is 12.0. The van der Waals surface area contributed by atoms with Crippen LogP contribution in [0.3, 0.4) is 0 Å². The first kappa shape index (κ1) is 25.0. The SMILES string of the molecule is Cc1ccc(C(=O)c2ccccc2C(=O)OC(CNS(=O)(=O)c2ccccc2)c2ccccc2)cc1. The summed E-state index contributed by atoms with van der Waals surface area (Å²) in [4.78, 5) is 26.5. The van der Waals surface area contributed by atoms with Gasteiger partial charge >= 0.3 is 5.97 Å². The van der Waals surface area contributed by atoms with Crippen LogP contribution in [0.2, 0.25) is 0 Å². The lowest BCUT2D eigenvalue weighted by Crippen LogP contribution is -2.31. The Morgan fingerprint density at radius 3 is 1.94 bits per heavy atom. The highest BCUT2D eigenvalue weighted by Crippen LogP contribution is 2.22. The standard InChI is InChI=1S/C29H25NO5S/c1-21-16-18-23(19-17-21)28(31)25-14-8-9-15-26(25)29(32)35-27(22-10-4-2-5-11-22)20-30-36(33,34)24-12-6-3-7-13-24/h2-19,27,30H,20H2,1H3. The highest BCUT2D eigenvalue weighted by molar-refractivity contribution is 7.89. The van der Waals surface area contributed by atoms with Crippen LogP contribution in [0, 0.1) is 6.92 Å². The van der Waals surface area contributed by atoms with Crippen molar-refractivity contribution in [2.24, 2.45) is 0 Å². The number of ether oxygens (including phenoxy) is 1. The lowest BCUT2D eigenvalue weighted by atomic mass is 9.97. The van der Waals surface area contributed by atoms with Crippen molar-refractivity contribution in [2.75, 3.05) is 6.54 Å². The van der Waals surface area contributed by atoms with E-state index < -0.39 is 22.1 Å². The van der Waals surface area contributed by atoms with Crippen molar-refractivity contribution in [1.29, 1.82) is 0 Å². The molecule has 0 aliphatic rings. The molecule has 7 heteroatoms. The molecule has 1 unspecified atom stereocenters. The second kappa shape index (κ2) is 11.1. The van der Waals surface area contributed by atoms with Crippen LogP contribution in [-0.4, -0.2) is 26.7 Å². The third-order valence-corrected chi connectivity index (χ3v) is 7.08. The third kappa shape index (κ3) is 5.94. The Morgan fingerprint density at radius 1 is 0.750 bits per heavy atom. The molecule has 1 atom stereocenters. The molecule has 0 saturated heterocycles. The second-order valence-corrected chi connectivity index (χ2v) is 9.98. The molecule has 0 bridgehead atoms. The van der Waals surface area contributed by atoms with Crippen molar-refractivity contribution in [2.45, 2.75) is 17.9 Å². The van der Waals surface area contributed by atoms with Gasteiger partial charge in [-0.2, -0.15) is 0 Å². The molecule has 0 heterocycles. The molecular weight excluding hydrogens is 474 g/mol. The van der Waals surface area contributed by atoms with Crippen LogP contribution in [0.4, 0.5) is 0 Å². The Balaban J connectivity index is 1.59. The first-order valence-electron chi connectivity index (χ1n) is 11.4. The van der Waals surface area contributed by atoms with Gasteiger partial charge in [0.05, 0.1) is 17.0 Å². The second-order valence-electron chi connectivity index (χ2n) is 8.21. The molecule has 0 spiro atoms. The third-order valence-electron chi connectivity index (χ3n) is 5.64. The van der Waals surface area contributed by atoms with Crippen molar-refractivity contribution in [3.63, 3.8) is 0 Å². The van der Waals surface area contributed by atoms with Gasteiger partial charge in [-0.15, -0.1) is 0 Å². The molecule has 4 aromatic rings. The van der Waals surface area contributed by atoms with Gasteiger partial charge < -0.3 is 4.74 Å². The van der Waals surface area contributed by atoms with Crippen LogP contribution in [0.1, 0.15) is 43.5 Å². The van der Waals surface area contributed by atoms with Crippen molar-refractivity contribution >= 4 is 21.8 Å². The lowest BCUT2D eigenvalue weighted by molar-refractivity contribution is 0.0306. The molecule has 0 radical (unpaired) electrons. The summed E-state index contributed by atoms with van der Waals surface area (Å²) in [6.07, 6.45) is -0.917. The summed E-state index contributed by atoms with van der Waals surface area (Å²) >= 11 is 0. The van der Waals surface area contributed by atoms with Gasteiger partial charge in [0.25, 0.3) is 0 Å². The van der Waals surface area contributed by atoms with E-state index in [1.807, 2.05) is 25.1 Å². The van der Waals surface area contributed by atoms with Crippen molar-refractivity contribution < 1.29 is 22.7 Å². The van der Waals surface area contributed by atoms with Gasteiger partial charge in [-0.05, 0) is 30.7 Å². The van der Waals surface area contributed by atoms with Crippen LogP contribution < -0.4 is 4.72 Å². The summed E-state index contributed by atoms with van der Waals surface area (Å²) in [5.74, 6) is -1.03. The van der Waals surface area contributed by atoms with Gasteiger partial charge in [-0.1, -0.05) is 96.6 Å². The fourth-order valence-corrected chi connectivity index (χ4v) is 4.73. The molecule has 4 aromatic carbocycles. The fraction of sp³-hybridized carbons (Fsp3) is 0.103. The molecule has 0 aliphatic heterocycles. The highest BCUT2D eigenvalue weighted by Gasteiger charge is 2.25. The number of ketones is 1. The quantitative estimate of drug-likeness (QED) is 0.256. The van der Waals surface area contributed by atoms with Crippen molar-refractivity contribution in [1.82, 2.24) is 4.72 Å². The number of carbonyl (C=O) groups excluding carboxylic acids is 2. The monoisotopic (exact) mass is 499 g/mol. The smallest absolute Gasteiger partial charge is 0.339 e. The van der Waals surface area contributed by atoms with Crippen LogP contribution in [0.15, 0.2) is 114 Å². The summed E-state index contributed by atoms with van der Waals surface area (Å²) in [6.45, 7) is 1.75. The zero-order valence-corrected chi connectivity index (χ0v) is 20.4. The zero-order chi connectivity index (χ0) is 25.5. The number of benzene rings is 4. The van der Waals surface area contributed by atoms with Crippen molar-refractivity contribution in [3.8, 4) is 0 Å². The van der Waals surface area contributed by atoms with Gasteiger partial charge in [0.2, 0.25) is 10.0 Å². The van der Waals surface area contributed by atoms with Crippen LogP contribution in [0.25, 0.3) is 0 Å². The molecule has 0 amide bonds. The van der Waals surface area contributed by atoms with E-state index in [2.05, 4.69) is 4.72 Å². The summed E-state index contributed by atoms with van der Waals surface area (Å²) in [6, 6.07) is 30.3. The highest BCUT2D eigenvalue weighted by atomic mass is 32.2. The summed E-state index contributed by atoms with van der Waals surface area (Å²) in [5, 5.41) is 0. The Kier molecular flexibility index (Phi) is 7.73. The predicted molar refractivity (Wildman–Crippen MR) is 137 cm³/mol. The number of carbonyl (C=O) groups is 2. The molecule has 6 nitrogen and oxygen atoms in total. The Bertz CT molecular complexity index is 1450. The van der Waals surface area contributed by atoms with Crippen LogP contribution in [-0.2, 0) is 14.8 Å². The average molecular weight is 500 g/mol. The summed E-state index contributed by atoms with van der Waals surface area (Å²) in [7, 11) is -3.82. The maximum Gasteiger partial charge on any atom is 0.339 e. The van der Waals surface area contributed by atoms with E-state index in [-0.39, 0.29) is 28.4 Å².